The highest BCUT2D eigenvalue weighted by atomic mass is 35.5. The number of nitrogens with zero attached hydrogens (tertiary/aromatic N) is 3. The Hall–Kier alpha value is -4.57. The van der Waals surface area contributed by atoms with Gasteiger partial charge in [-0.05, 0) is 65.7 Å². The van der Waals surface area contributed by atoms with Gasteiger partial charge >= 0.3 is 6.18 Å². The number of ketones is 1. The molecule has 1 aliphatic heterocycles. The van der Waals surface area contributed by atoms with Crippen molar-refractivity contribution in [3.63, 3.8) is 0 Å². The monoisotopic (exact) mass is 578 g/mol. The molecule has 2 aromatic heterocycles. The van der Waals surface area contributed by atoms with Crippen LogP contribution in [-0.4, -0.2) is 38.5 Å². The summed E-state index contributed by atoms with van der Waals surface area (Å²) in [6.07, 6.45) is -1.98. The maximum atomic E-state index is 13.7. The number of benzene rings is 2. The summed E-state index contributed by atoms with van der Waals surface area (Å²) in [5, 5.41) is 2.89. The summed E-state index contributed by atoms with van der Waals surface area (Å²) in [5.41, 5.74) is 1.60. The number of aromatic nitrogens is 2. The van der Waals surface area contributed by atoms with Crippen LogP contribution in [0.1, 0.15) is 43.1 Å². The predicted octanol–water partition coefficient (Wildman–Crippen LogP) is 5.78. The Balaban J connectivity index is 1.37. The van der Waals surface area contributed by atoms with Crippen LogP contribution in [0.5, 0.6) is 0 Å². The van der Waals surface area contributed by atoms with Crippen LogP contribution in [0.25, 0.3) is 0 Å². The normalized spacial score (nSPS) is 15.3. The van der Waals surface area contributed by atoms with Gasteiger partial charge in [0.15, 0.2) is 5.78 Å². The van der Waals surface area contributed by atoms with Crippen LogP contribution in [0.15, 0.2) is 85.2 Å². The van der Waals surface area contributed by atoms with Crippen LogP contribution >= 0.6 is 11.6 Å². The number of hydrogen-bond acceptors (Lipinski definition) is 5. The molecule has 0 spiro atoms. The molecule has 0 aliphatic carbocycles. The lowest BCUT2D eigenvalue weighted by molar-refractivity contribution is -0.137. The van der Waals surface area contributed by atoms with Crippen molar-refractivity contribution in [3.8, 4) is 0 Å². The molecule has 1 atom stereocenters. The van der Waals surface area contributed by atoms with Gasteiger partial charge < -0.3 is 10.2 Å². The van der Waals surface area contributed by atoms with E-state index in [9.17, 15) is 27.6 Å². The number of Topliss-reactive ketones (excluding diaryl/α,β-unsaturated/α-hetero) is 1. The van der Waals surface area contributed by atoms with Crippen molar-refractivity contribution >= 4 is 35.0 Å². The summed E-state index contributed by atoms with van der Waals surface area (Å²) in [4.78, 5) is 49.3. The van der Waals surface area contributed by atoms with Crippen molar-refractivity contribution in [2.45, 2.75) is 31.6 Å². The number of fused-ring (bicyclic) bond motifs is 1. The Kier molecular flexibility index (Phi) is 7.85. The molecule has 2 amide bonds. The van der Waals surface area contributed by atoms with Crippen molar-refractivity contribution in [1.29, 1.82) is 0 Å². The first-order valence-electron chi connectivity index (χ1n) is 12.5. The van der Waals surface area contributed by atoms with Crippen molar-refractivity contribution in [3.05, 3.63) is 124 Å². The molecule has 0 radical (unpaired) electrons. The summed E-state index contributed by atoms with van der Waals surface area (Å²) in [6, 6.07) is 17.7. The highest BCUT2D eigenvalue weighted by Crippen LogP contribution is 2.29. The molecule has 0 saturated carbocycles. The van der Waals surface area contributed by atoms with Gasteiger partial charge in [-0.25, -0.2) is 4.98 Å². The van der Waals surface area contributed by atoms with Gasteiger partial charge in [-0.15, -0.1) is 0 Å². The third-order valence-electron chi connectivity index (χ3n) is 6.70. The number of alkyl halides is 3. The first-order valence-corrected chi connectivity index (χ1v) is 12.9. The third kappa shape index (κ3) is 6.44. The summed E-state index contributed by atoms with van der Waals surface area (Å²) in [6.45, 7) is 0.0898. The molecule has 0 fully saturated rings. The molecule has 0 unspecified atom stereocenters. The summed E-state index contributed by atoms with van der Waals surface area (Å²) >= 11 is 6.15. The van der Waals surface area contributed by atoms with Gasteiger partial charge in [-0.2, -0.15) is 13.2 Å². The number of amides is 2. The fraction of sp³-hybridized carbons (Fsp3) is 0.167. The summed E-state index contributed by atoms with van der Waals surface area (Å²) < 4.78 is 38.3. The summed E-state index contributed by atoms with van der Waals surface area (Å²) in [5.74, 6) is -1.07. The standard InChI is InChI=1S/C30H22ClF3N4O3/c31-22-9-10-24-20(13-22)14-26(39)25(15-23-3-1-2-12-35-23)38(29(24)41)17-18-4-6-19(7-5-18)28(40)37-27-11-8-21(16-36-27)30(32,33)34/h1-13,16,25H,14-15,17H2,(H,36,37,40)/t25-/m1/s1. The molecular formula is C30H22ClF3N4O3. The second kappa shape index (κ2) is 11.5. The van der Waals surface area contributed by atoms with E-state index in [1.54, 1.807) is 48.7 Å². The maximum absolute atomic E-state index is 13.7. The summed E-state index contributed by atoms with van der Waals surface area (Å²) in [7, 11) is 0. The second-order valence-corrected chi connectivity index (χ2v) is 9.94. The van der Waals surface area contributed by atoms with E-state index < -0.39 is 23.7 Å². The molecule has 2 aromatic carbocycles. The van der Waals surface area contributed by atoms with E-state index in [2.05, 4.69) is 15.3 Å². The zero-order valence-electron chi connectivity index (χ0n) is 21.4. The van der Waals surface area contributed by atoms with E-state index in [-0.39, 0.29) is 42.5 Å². The predicted molar refractivity (Wildman–Crippen MR) is 145 cm³/mol. The number of pyridine rings is 2. The van der Waals surface area contributed by atoms with E-state index in [4.69, 9.17) is 11.6 Å². The molecule has 11 heteroatoms. The van der Waals surface area contributed by atoms with Crippen molar-refractivity contribution in [2.75, 3.05) is 5.32 Å². The number of rotatable bonds is 6. The molecule has 0 bridgehead atoms. The minimum absolute atomic E-state index is 0.0307. The van der Waals surface area contributed by atoms with Crippen molar-refractivity contribution in [1.82, 2.24) is 14.9 Å². The van der Waals surface area contributed by atoms with E-state index >= 15 is 0 Å². The molecule has 4 aromatic rings. The number of carbonyl (C=O) groups excluding carboxylic acids is 3. The van der Waals surface area contributed by atoms with Crippen LogP contribution in [0.4, 0.5) is 19.0 Å². The largest absolute Gasteiger partial charge is 0.417 e. The molecule has 0 saturated heterocycles. The zero-order valence-corrected chi connectivity index (χ0v) is 22.1. The van der Waals surface area contributed by atoms with Gasteiger partial charge in [0.05, 0.1) is 11.6 Å². The molecule has 208 valence electrons. The lowest BCUT2D eigenvalue weighted by Gasteiger charge is -2.29. The van der Waals surface area contributed by atoms with E-state index in [1.165, 1.54) is 17.0 Å². The molecule has 1 N–H and O–H groups in total. The van der Waals surface area contributed by atoms with E-state index in [1.807, 2.05) is 6.07 Å². The molecule has 1 aliphatic rings. The fourth-order valence-electron chi connectivity index (χ4n) is 4.60. The SMILES string of the molecule is O=C(Nc1ccc(C(F)(F)F)cn1)c1ccc(CN2C(=O)c3ccc(Cl)cc3CC(=O)[C@H]2Cc2ccccn2)cc1. The first kappa shape index (κ1) is 28.0. The smallest absolute Gasteiger partial charge is 0.324 e. The zero-order chi connectivity index (χ0) is 29.1. The minimum atomic E-state index is -4.53. The molecule has 41 heavy (non-hydrogen) atoms. The first-order chi connectivity index (χ1) is 19.6. The highest BCUT2D eigenvalue weighted by molar-refractivity contribution is 6.30. The number of halogens is 4. The van der Waals surface area contributed by atoms with Gasteiger partial charge in [0.25, 0.3) is 11.8 Å². The van der Waals surface area contributed by atoms with E-state index in [0.717, 1.165) is 12.1 Å². The Morgan fingerprint density at radius 1 is 1.00 bits per heavy atom. The van der Waals surface area contributed by atoms with Crippen LogP contribution in [0.2, 0.25) is 5.02 Å². The number of nitrogens with one attached hydrogen (secondary N) is 1. The average Bonchev–Trinajstić information content (AvgIpc) is 3.03. The Morgan fingerprint density at radius 2 is 1.78 bits per heavy atom. The van der Waals surface area contributed by atoms with Crippen LogP contribution in [-0.2, 0) is 30.4 Å². The Labute approximate surface area is 238 Å². The van der Waals surface area contributed by atoms with Crippen LogP contribution in [0, 0.1) is 0 Å². The number of anilines is 1. The van der Waals surface area contributed by atoms with Gasteiger partial charge in [0.2, 0.25) is 0 Å². The van der Waals surface area contributed by atoms with E-state index in [0.29, 0.717) is 33.6 Å². The van der Waals surface area contributed by atoms with Crippen LogP contribution in [0.3, 0.4) is 0 Å². The molecular weight excluding hydrogens is 557 g/mol. The van der Waals surface area contributed by atoms with Gasteiger partial charge in [-0.1, -0.05) is 29.8 Å². The molecule has 7 nitrogen and oxygen atoms in total. The van der Waals surface area contributed by atoms with Crippen LogP contribution < -0.4 is 5.32 Å². The van der Waals surface area contributed by atoms with Gasteiger partial charge in [-0.3, -0.25) is 19.4 Å². The number of carbonyl (C=O) groups is 3. The van der Waals surface area contributed by atoms with Gasteiger partial charge in [0, 0.05) is 53.6 Å². The van der Waals surface area contributed by atoms with Crippen molar-refractivity contribution < 1.29 is 27.6 Å². The second-order valence-electron chi connectivity index (χ2n) is 9.50. The average molecular weight is 579 g/mol. The molecule has 5 rings (SSSR count). The lowest BCUT2D eigenvalue weighted by Crippen LogP contribution is -2.44. The van der Waals surface area contributed by atoms with Gasteiger partial charge in [0.1, 0.15) is 5.82 Å². The maximum Gasteiger partial charge on any atom is 0.417 e. The highest BCUT2D eigenvalue weighted by Gasteiger charge is 2.36. The number of hydrogen-bond donors (Lipinski definition) is 1. The minimum Gasteiger partial charge on any atom is -0.324 e. The Bertz CT molecular complexity index is 1590. The fourth-order valence-corrected chi connectivity index (χ4v) is 4.79. The Morgan fingerprint density at radius 3 is 2.44 bits per heavy atom. The topological polar surface area (TPSA) is 92.3 Å². The molecule has 3 heterocycles. The van der Waals surface area contributed by atoms with Crippen molar-refractivity contribution in [2.24, 2.45) is 0 Å². The third-order valence-corrected chi connectivity index (χ3v) is 6.94. The lowest BCUT2D eigenvalue weighted by atomic mass is 9.99. The quantitative estimate of drug-likeness (QED) is 0.313.